The van der Waals surface area contributed by atoms with Crippen LogP contribution in [0.3, 0.4) is 0 Å². The molecule has 1 N–H and O–H groups in total. The summed E-state index contributed by atoms with van der Waals surface area (Å²) >= 11 is 0. The summed E-state index contributed by atoms with van der Waals surface area (Å²) in [6.45, 7) is 4.64. The Hall–Kier alpha value is -4.33. The van der Waals surface area contributed by atoms with Crippen molar-refractivity contribution in [2.45, 2.75) is 13.0 Å². The number of pyridine rings is 2. The third kappa shape index (κ3) is 4.71. The van der Waals surface area contributed by atoms with Crippen molar-refractivity contribution in [3.63, 3.8) is 0 Å². The van der Waals surface area contributed by atoms with Crippen LogP contribution in [0.2, 0.25) is 0 Å². The zero-order valence-electron chi connectivity index (χ0n) is 18.9. The number of hydrogen-bond acceptors (Lipinski definition) is 7. The third-order valence-corrected chi connectivity index (χ3v) is 5.90. The van der Waals surface area contributed by atoms with E-state index in [-0.39, 0.29) is 11.9 Å². The van der Waals surface area contributed by atoms with E-state index in [1.54, 1.807) is 36.9 Å². The number of amides is 1. The van der Waals surface area contributed by atoms with Gasteiger partial charge in [-0.15, -0.1) is 0 Å². The fourth-order valence-electron chi connectivity index (χ4n) is 4.09. The molecule has 1 amide bonds. The number of nitrogens with zero attached hydrogens (tertiary/aromatic N) is 6. The summed E-state index contributed by atoms with van der Waals surface area (Å²) in [5.41, 5.74) is 3.14. The Morgan fingerprint density at radius 1 is 0.882 bits per heavy atom. The summed E-state index contributed by atoms with van der Waals surface area (Å²) in [7, 11) is 0. The summed E-state index contributed by atoms with van der Waals surface area (Å²) in [6.07, 6.45) is 8.66. The standard InChI is InChI=1S/C26H25N7O/c1-19-18-32(24-6-2-3-12-28-24)13-14-33(19)26-29-16-23(17-30-26)31-25(34)21-9-7-20(8-10-21)22-5-4-11-27-15-22/h2-12,15-17,19H,13-14,18H2,1H3,(H,31,34)/t19-/m0/s1. The Morgan fingerprint density at radius 3 is 2.38 bits per heavy atom. The molecule has 0 aliphatic carbocycles. The highest BCUT2D eigenvalue weighted by Gasteiger charge is 2.26. The molecule has 4 heterocycles. The van der Waals surface area contributed by atoms with E-state index in [4.69, 9.17) is 0 Å². The van der Waals surface area contributed by atoms with Crippen LogP contribution < -0.4 is 15.1 Å². The van der Waals surface area contributed by atoms with Gasteiger partial charge in [0.15, 0.2) is 0 Å². The van der Waals surface area contributed by atoms with Gasteiger partial charge in [-0.3, -0.25) is 9.78 Å². The average molecular weight is 452 g/mol. The third-order valence-electron chi connectivity index (χ3n) is 5.90. The lowest BCUT2D eigenvalue weighted by atomic mass is 10.1. The lowest BCUT2D eigenvalue weighted by Gasteiger charge is -2.40. The number of carbonyl (C=O) groups excluding carboxylic acids is 1. The molecule has 4 aromatic rings. The molecule has 1 aromatic carbocycles. The second-order valence-electron chi connectivity index (χ2n) is 8.22. The van der Waals surface area contributed by atoms with Crippen molar-refractivity contribution in [2.75, 3.05) is 34.8 Å². The van der Waals surface area contributed by atoms with Crippen molar-refractivity contribution in [2.24, 2.45) is 0 Å². The number of hydrogen-bond donors (Lipinski definition) is 1. The lowest BCUT2D eigenvalue weighted by Crippen LogP contribution is -2.53. The zero-order valence-corrected chi connectivity index (χ0v) is 18.9. The van der Waals surface area contributed by atoms with Crippen LogP contribution in [0.15, 0.2) is 85.6 Å². The number of anilines is 3. The Kier molecular flexibility index (Phi) is 6.11. The summed E-state index contributed by atoms with van der Waals surface area (Å²) in [5, 5.41) is 2.88. The molecule has 8 nitrogen and oxygen atoms in total. The van der Waals surface area contributed by atoms with E-state index in [2.05, 4.69) is 42.0 Å². The maximum absolute atomic E-state index is 12.7. The van der Waals surface area contributed by atoms with Crippen molar-refractivity contribution < 1.29 is 4.79 Å². The molecule has 8 heteroatoms. The number of benzene rings is 1. The minimum atomic E-state index is -0.202. The van der Waals surface area contributed by atoms with Crippen LogP contribution in [-0.4, -0.2) is 51.5 Å². The molecule has 0 radical (unpaired) electrons. The highest BCUT2D eigenvalue weighted by atomic mass is 16.1. The number of piperazine rings is 1. The largest absolute Gasteiger partial charge is 0.353 e. The minimum Gasteiger partial charge on any atom is -0.353 e. The molecule has 1 fully saturated rings. The molecule has 1 atom stereocenters. The first kappa shape index (κ1) is 21.5. The molecule has 3 aromatic heterocycles. The normalized spacial score (nSPS) is 15.7. The highest BCUT2D eigenvalue weighted by Crippen LogP contribution is 2.22. The van der Waals surface area contributed by atoms with Gasteiger partial charge in [0.2, 0.25) is 5.95 Å². The molecule has 0 unspecified atom stereocenters. The zero-order chi connectivity index (χ0) is 23.3. The van der Waals surface area contributed by atoms with Crippen LogP contribution in [0, 0.1) is 0 Å². The van der Waals surface area contributed by atoms with Crippen molar-refractivity contribution in [3.05, 3.63) is 91.1 Å². The molecular weight excluding hydrogens is 426 g/mol. The van der Waals surface area contributed by atoms with E-state index >= 15 is 0 Å². The van der Waals surface area contributed by atoms with Gasteiger partial charge in [-0.1, -0.05) is 24.3 Å². The van der Waals surface area contributed by atoms with E-state index in [9.17, 15) is 4.79 Å². The van der Waals surface area contributed by atoms with Crippen LogP contribution in [0.5, 0.6) is 0 Å². The molecule has 170 valence electrons. The quantitative estimate of drug-likeness (QED) is 0.492. The predicted molar refractivity (Wildman–Crippen MR) is 133 cm³/mol. The second kappa shape index (κ2) is 9.66. The smallest absolute Gasteiger partial charge is 0.255 e. The Balaban J connectivity index is 1.20. The summed E-state index contributed by atoms with van der Waals surface area (Å²) in [4.78, 5) is 34.7. The topological polar surface area (TPSA) is 87.1 Å². The van der Waals surface area contributed by atoms with Gasteiger partial charge < -0.3 is 15.1 Å². The average Bonchev–Trinajstić information content (AvgIpc) is 2.90. The first-order chi connectivity index (χ1) is 16.7. The monoisotopic (exact) mass is 451 g/mol. The molecule has 0 spiro atoms. The first-order valence-electron chi connectivity index (χ1n) is 11.2. The van der Waals surface area contributed by atoms with Gasteiger partial charge in [0.05, 0.1) is 18.1 Å². The maximum Gasteiger partial charge on any atom is 0.255 e. The fourth-order valence-corrected chi connectivity index (χ4v) is 4.09. The molecule has 34 heavy (non-hydrogen) atoms. The van der Waals surface area contributed by atoms with Gasteiger partial charge in [-0.2, -0.15) is 0 Å². The number of carbonyl (C=O) groups is 1. The van der Waals surface area contributed by atoms with Gasteiger partial charge in [-0.25, -0.2) is 15.0 Å². The van der Waals surface area contributed by atoms with Crippen LogP contribution in [-0.2, 0) is 0 Å². The van der Waals surface area contributed by atoms with Crippen LogP contribution in [0.1, 0.15) is 17.3 Å². The first-order valence-corrected chi connectivity index (χ1v) is 11.2. The summed E-state index contributed by atoms with van der Waals surface area (Å²) in [5.74, 6) is 1.44. The number of nitrogens with one attached hydrogen (secondary N) is 1. The molecule has 1 aliphatic rings. The summed E-state index contributed by atoms with van der Waals surface area (Å²) in [6, 6.07) is 17.5. The van der Waals surface area contributed by atoms with E-state index in [1.807, 2.05) is 48.7 Å². The van der Waals surface area contributed by atoms with E-state index < -0.39 is 0 Å². The van der Waals surface area contributed by atoms with Gasteiger partial charge in [0.1, 0.15) is 5.82 Å². The summed E-state index contributed by atoms with van der Waals surface area (Å²) < 4.78 is 0. The van der Waals surface area contributed by atoms with Gasteiger partial charge >= 0.3 is 0 Å². The highest BCUT2D eigenvalue weighted by molar-refractivity contribution is 6.04. The van der Waals surface area contributed by atoms with Crippen molar-refractivity contribution in [3.8, 4) is 11.1 Å². The van der Waals surface area contributed by atoms with E-state index in [1.165, 1.54) is 0 Å². The van der Waals surface area contributed by atoms with Crippen LogP contribution in [0.4, 0.5) is 17.5 Å². The van der Waals surface area contributed by atoms with E-state index in [0.29, 0.717) is 17.2 Å². The second-order valence-corrected chi connectivity index (χ2v) is 8.22. The van der Waals surface area contributed by atoms with Crippen molar-refractivity contribution in [1.82, 2.24) is 19.9 Å². The molecular formula is C26H25N7O. The Labute approximate surface area is 198 Å². The Morgan fingerprint density at radius 2 is 1.71 bits per heavy atom. The van der Waals surface area contributed by atoms with Gasteiger partial charge in [-0.05, 0) is 48.4 Å². The molecule has 1 aliphatic heterocycles. The van der Waals surface area contributed by atoms with Crippen molar-refractivity contribution in [1.29, 1.82) is 0 Å². The van der Waals surface area contributed by atoms with Crippen molar-refractivity contribution >= 4 is 23.4 Å². The predicted octanol–water partition coefficient (Wildman–Crippen LogP) is 3.90. The maximum atomic E-state index is 12.7. The molecule has 1 saturated heterocycles. The van der Waals surface area contributed by atoms with Gasteiger partial charge in [0, 0.05) is 49.8 Å². The van der Waals surface area contributed by atoms with E-state index in [0.717, 1.165) is 36.6 Å². The lowest BCUT2D eigenvalue weighted by molar-refractivity contribution is 0.102. The number of rotatable bonds is 5. The fraction of sp³-hybridized carbons (Fsp3) is 0.192. The van der Waals surface area contributed by atoms with Crippen LogP contribution >= 0.6 is 0 Å². The Bertz CT molecular complexity index is 1230. The van der Waals surface area contributed by atoms with Gasteiger partial charge in [0.25, 0.3) is 5.91 Å². The minimum absolute atomic E-state index is 0.202. The molecule has 0 saturated carbocycles. The molecule has 0 bridgehead atoms. The molecule has 5 rings (SSSR count). The van der Waals surface area contributed by atoms with Crippen LogP contribution in [0.25, 0.3) is 11.1 Å². The SMILES string of the molecule is C[C@H]1CN(c2ccccn2)CCN1c1ncc(NC(=O)c2ccc(-c3cccnc3)cc2)cn1. The number of aromatic nitrogens is 4.